The Morgan fingerprint density at radius 3 is 1.53 bits per heavy atom. The Hall–Kier alpha value is -1.32. The normalized spacial score (nSPS) is 12.3. The van der Waals surface area contributed by atoms with Gasteiger partial charge in [-0.05, 0) is 32.1 Å². The molecule has 1 unspecified atom stereocenters. The number of carboxylic acids is 1. The number of carbonyl (C=O) groups is 2. The van der Waals surface area contributed by atoms with E-state index in [0.717, 1.165) is 19.3 Å². The average Bonchev–Trinajstić information content (AvgIpc) is 2.82. The monoisotopic (exact) mass is 480 g/mol. The molecule has 0 aromatic carbocycles. The van der Waals surface area contributed by atoms with Gasteiger partial charge in [0, 0.05) is 0 Å². The summed E-state index contributed by atoms with van der Waals surface area (Å²) in [5, 5.41) is 9.00. The Balaban J connectivity index is 3.45. The lowest BCUT2D eigenvalue weighted by Gasteiger charge is -2.12. The van der Waals surface area contributed by atoms with Crippen molar-refractivity contribution in [3.63, 3.8) is 0 Å². The standard InChI is InChI=1S/C30H56O4/c1-3-5-6-7-8-9-10-11-12-13-14-15-16-17-18-19-20-21-22-23-24-25-28(27-29(31)32)30(33)34-26-4-2/h22-23,28H,3-21,24-27H2,1-2H3,(H,31,32)/b23-22+. The Morgan fingerprint density at radius 2 is 1.09 bits per heavy atom. The fraction of sp³-hybridized carbons (Fsp3) is 0.867. The van der Waals surface area contributed by atoms with Gasteiger partial charge in [-0.15, -0.1) is 0 Å². The fourth-order valence-electron chi connectivity index (χ4n) is 4.35. The van der Waals surface area contributed by atoms with Gasteiger partial charge >= 0.3 is 11.9 Å². The molecule has 0 aromatic rings. The van der Waals surface area contributed by atoms with E-state index in [4.69, 9.17) is 9.84 Å². The lowest BCUT2D eigenvalue weighted by molar-refractivity contribution is -0.153. The molecule has 1 atom stereocenters. The van der Waals surface area contributed by atoms with Crippen molar-refractivity contribution in [3.05, 3.63) is 12.2 Å². The maximum atomic E-state index is 12.0. The second-order valence-corrected chi connectivity index (χ2v) is 9.96. The summed E-state index contributed by atoms with van der Waals surface area (Å²) in [4.78, 5) is 22.9. The van der Waals surface area contributed by atoms with Crippen LogP contribution in [0.25, 0.3) is 0 Å². The number of rotatable bonds is 26. The molecule has 0 radical (unpaired) electrons. The van der Waals surface area contributed by atoms with E-state index >= 15 is 0 Å². The van der Waals surface area contributed by atoms with Crippen LogP contribution >= 0.6 is 0 Å². The number of allylic oxidation sites excluding steroid dienone is 2. The third kappa shape index (κ3) is 23.8. The molecular weight excluding hydrogens is 424 g/mol. The Kier molecular flexibility index (Phi) is 25.3. The largest absolute Gasteiger partial charge is 0.481 e. The summed E-state index contributed by atoms with van der Waals surface area (Å²) < 4.78 is 5.13. The molecule has 0 aromatic heterocycles. The van der Waals surface area contributed by atoms with Crippen molar-refractivity contribution in [3.8, 4) is 0 Å². The van der Waals surface area contributed by atoms with Crippen molar-refractivity contribution >= 4 is 11.9 Å². The first-order valence-electron chi connectivity index (χ1n) is 14.6. The van der Waals surface area contributed by atoms with Crippen LogP contribution in [-0.2, 0) is 14.3 Å². The summed E-state index contributed by atoms with van der Waals surface area (Å²) in [5.41, 5.74) is 0. The molecule has 0 fully saturated rings. The first-order valence-corrected chi connectivity index (χ1v) is 14.6. The Bertz CT molecular complexity index is 486. The number of carbonyl (C=O) groups excluding carboxylic acids is 1. The van der Waals surface area contributed by atoms with E-state index in [0.29, 0.717) is 13.0 Å². The van der Waals surface area contributed by atoms with Gasteiger partial charge in [0.05, 0.1) is 18.9 Å². The van der Waals surface area contributed by atoms with E-state index in [1.54, 1.807) is 0 Å². The maximum absolute atomic E-state index is 12.0. The topological polar surface area (TPSA) is 63.6 Å². The van der Waals surface area contributed by atoms with Crippen molar-refractivity contribution in [2.24, 2.45) is 5.92 Å². The van der Waals surface area contributed by atoms with E-state index in [9.17, 15) is 9.59 Å². The minimum Gasteiger partial charge on any atom is -0.481 e. The molecule has 0 saturated heterocycles. The minimum atomic E-state index is -0.939. The van der Waals surface area contributed by atoms with Crippen molar-refractivity contribution in [1.82, 2.24) is 0 Å². The van der Waals surface area contributed by atoms with Gasteiger partial charge in [-0.2, -0.15) is 0 Å². The molecular formula is C30H56O4. The van der Waals surface area contributed by atoms with Crippen LogP contribution in [0.3, 0.4) is 0 Å². The number of ether oxygens (including phenoxy) is 1. The van der Waals surface area contributed by atoms with Crippen molar-refractivity contribution in [1.29, 1.82) is 0 Å². The number of unbranched alkanes of at least 4 members (excludes halogenated alkanes) is 17. The summed E-state index contributed by atoms with van der Waals surface area (Å²) in [6.07, 6.45) is 30.9. The summed E-state index contributed by atoms with van der Waals surface area (Å²) in [5.74, 6) is -1.84. The Morgan fingerprint density at radius 1 is 0.647 bits per heavy atom. The van der Waals surface area contributed by atoms with Crippen LogP contribution < -0.4 is 0 Å². The molecule has 0 aliphatic rings. The van der Waals surface area contributed by atoms with Gasteiger partial charge in [0.1, 0.15) is 0 Å². The van der Waals surface area contributed by atoms with E-state index < -0.39 is 11.9 Å². The molecule has 0 rings (SSSR count). The molecule has 0 heterocycles. The third-order valence-corrected chi connectivity index (χ3v) is 6.53. The fourth-order valence-corrected chi connectivity index (χ4v) is 4.35. The molecule has 4 heteroatoms. The van der Waals surface area contributed by atoms with Crippen molar-refractivity contribution in [2.75, 3.05) is 6.61 Å². The van der Waals surface area contributed by atoms with Gasteiger partial charge in [0.15, 0.2) is 0 Å². The third-order valence-electron chi connectivity index (χ3n) is 6.53. The molecule has 0 amide bonds. The van der Waals surface area contributed by atoms with Crippen LogP contribution in [0.5, 0.6) is 0 Å². The summed E-state index contributed by atoms with van der Waals surface area (Å²) in [6.45, 7) is 4.58. The summed E-state index contributed by atoms with van der Waals surface area (Å²) in [7, 11) is 0. The second-order valence-electron chi connectivity index (χ2n) is 9.96. The molecule has 0 saturated carbocycles. The van der Waals surface area contributed by atoms with Gasteiger partial charge < -0.3 is 9.84 Å². The van der Waals surface area contributed by atoms with E-state index in [1.165, 1.54) is 109 Å². The molecule has 1 N–H and O–H groups in total. The first-order chi connectivity index (χ1) is 16.6. The molecule has 0 bridgehead atoms. The summed E-state index contributed by atoms with van der Waals surface area (Å²) >= 11 is 0. The average molecular weight is 481 g/mol. The molecule has 0 aliphatic carbocycles. The van der Waals surface area contributed by atoms with E-state index in [-0.39, 0.29) is 12.4 Å². The predicted octanol–water partition coefficient (Wildman–Crippen LogP) is 9.41. The minimum absolute atomic E-state index is 0.143. The Labute approximate surface area is 211 Å². The highest BCUT2D eigenvalue weighted by atomic mass is 16.5. The van der Waals surface area contributed by atoms with Crippen LogP contribution in [0.2, 0.25) is 0 Å². The summed E-state index contributed by atoms with van der Waals surface area (Å²) in [6, 6.07) is 0. The molecule has 0 aliphatic heterocycles. The zero-order valence-corrected chi connectivity index (χ0v) is 22.7. The van der Waals surface area contributed by atoms with Crippen LogP contribution in [0.1, 0.15) is 155 Å². The zero-order chi connectivity index (χ0) is 25.1. The van der Waals surface area contributed by atoms with Crippen LogP contribution in [0.15, 0.2) is 12.2 Å². The number of aliphatic carboxylic acids is 1. The second kappa shape index (κ2) is 26.3. The first kappa shape index (κ1) is 32.7. The number of hydrogen-bond acceptors (Lipinski definition) is 3. The molecule has 34 heavy (non-hydrogen) atoms. The predicted molar refractivity (Wildman–Crippen MR) is 144 cm³/mol. The van der Waals surface area contributed by atoms with Crippen molar-refractivity contribution in [2.45, 2.75) is 155 Å². The number of esters is 1. The van der Waals surface area contributed by atoms with E-state index in [1.807, 2.05) is 6.92 Å². The van der Waals surface area contributed by atoms with Gasteiger partial charge in [0.25, 0.3) is 0 Å². The molecule has 4 nitrogen and oxygen atoms in total. The highest BCUT2D eigenvalue weighted by Gasteiger charge is 2.22. The quantitative estimate of drug-likeness (QED) is 0.0760. The van der Waals surface area contributed by atoms with Gasteiger partial charge in [-0.3, -0.25) is 9.59 Å². The lowest BCUT2D eigenvalue weighted by Crippen LogP contribution is -2.21. The van der Waals surface area contributed by atoms with E-state index in [2.05, 4.69) is 19.1 Å². The van der Waals surface area contributed by atoms with Crippen LogP contribution in [0, 0.1) is 5.92 Å². The zero-order valence-electron chi connectivity index (χ0n) is 22.7. The smallest absolute Gasteiger partial charge is 0.309 e. The maximum Gasteiger partial charge on any atom is 0.309 e. The molecule has 200 valence electrons. The van der Waals surface area contributed by atoms with Crippen LogP contribution in [0.4, 0.5) is 0 Å². The van der Waals surface area contributed by atoms with Gasteiger partial charge in [0.2, 0.25) is 0 Å². The van der Waals surface area contributed by atoms with Crippen molar-refractivity contribution < 1.29 is 19.4 Å². The van der Waals surface area contributed by atoms with Gasteiger partial charge in [-0.25, -0.2) is 0 Å². The highest BCUT2D eigenvalue weighted by molar-refractivity contribution is 5.79. The lowest BCUT2D eigenvalue weighted by atomic mass is 9.99. The number of hydrogen-bond donors (Lipinski definition) is 1. The highest BCUT2D eigenvalue weighted by Crippen LogP contribution is 2.16. The molecule has 0 spiro atoms. The van der Waals surface area contributed by atoms with Gasteiger partial charge in [-0.1, -0.05) is 129 Å². The SMILES string of the molecule is CCCCCCCCCCCCCCCCCCC/C=C/CCC(CC(=O)O)C(=O)OCCC. The number of carboxylic acid groups (broad SMARTS) is 1. The van der Waals surface area contributed by atoms with Crippen LogP contribution in [-0.4, -0.2) is 23.7 Å².